The predicted octanol–water partition coefficient (Wildman–Crippen LogP) is 3.41. The molecule has 1 N–H and O–H groups in total. The summed E-state index contributed by atoms with van der Waals surface area (Å²) in [5.74, 6) is -0.172. The molecule has 12 heteroatoms. The number of pyridine rings is 1. The predicted molar refractivity (Wildman–Crippen MR) is 138 cm³/mol. The molecular weight excluding hydrogens is 478 g/mol. The van der Waals surface area contributed by atoms with Crippen molar-refractivity contribution in [2.45, 2.75) is 52.2 Å². The quantitative estimate of drug-likeness (QED) is 0.398. The molecule has 0 aromatic carbocycles. The molecule has 1 saturated carbocycles. The van der Waals surface area contributed by atoms with E-state index < -0.39 is 12.1 Å². The number of carbonyl (C=O) groups is 2. The number of amidine groups is 1. The summed E-state index contributed by atoms with van der Waals surface area (Å²) >= 11 is 0. The van der Waals surface area contributed by atoms with Crippen molar-refractivity contribution >= 4 is 24.6 Å². The zero-order valence-electron chi connectivity index (χ0n) is 21.6. The molecule has 0 unspecified atom stereocenters. The van der Waals surface area contributed by atoms with Crippen LogP contribution in [0.5, 0.6) is 5.75 Å². The molecular formula is C25H33N7O5. The second-order valence-corrected chi connectivity index (χ2v) is 8.83. The van der Waals surface area contributed by atoms with Crippen molar-refractivity contribution in [3.63, 3.8) is 0 Å². The molecule has 0 bridgehead atoms. The van der Waals surface area contributed by atoms with Crippen LogP contribution in [0.15, 0.2) is 34.4 Å². The standard InChI is InChI=1S/C25H33N7O5/c1-6-12-27-22(26-3)14-31(4)25(35)36-15-20-23(29-30-32(20)5)19-10-11-21(16(2)28-19)37-18-9-7-8-17(13-18)24(33)34/h6,10-12,17-18H,3,7-9,13-15H2,1-2,4-5H3,(H,33,34)/b12-6-,27-22-/t17-,18-/m0/s1. The number of nitrogens with zero attached hydrogens (tertiary/aromatic N) is 7. The van der Waals surface area contributed by atoms with E-state index >= 15 is 0 Å². The van der Waals surface area contributed by atoms with Gasteiger partial charge in [0.05, 0.1) is 30.0 Å². The third-order valence-electron chi connectivity index (χ3n) is 6.07. The molecule has 3 rings (SSSR count). The molecule has 1 fully saturated rings. The highest BCUT2D eigenvalue weighted by atomic mass is 16.6. The van der Waals surface area contributed by atoms with E-state index in [4.69, 9.17) is 9.47 Å². The topological polar surface area (TPSA) is 144 Å². The SMILES string of the molecule is C=N/C(CN(C)C(=O)OCc1c(-c2ccc(O[C@H]3CCC[C@H](C(=O)O)C3)c(C)n2)nnn1C)=N\C=C/C. The second-order valence-electron chi connectivity index (χ2n) is 8.83. The van der Waals surface area contributed by atoms with Crippen LogP contribution in [0.3, 0.4) is 0 Å². The second kappa shape index (κ2) is 12.7. The highest BCUT2D eigenvalue weighted by Crippen LogP contribution is 2.30. The Morgan fingerprint density at radius 1 is 1.35 bits per heavy atom. The summed E-state index contributed by atoms with van der Waals surface area (Å²) < 4.78 is 13.1. The monoisotopic (exact) mass is 511 g/mol. The Labute approximate surface area is 215 Å². The van der Waals surface area contributed by atoms with Crippen LogP contribution in [-0.2, 0) is 23.2 Å². The highest BCUT2D eigenvalue weighted by Gasteiger charge is 2.28. The lowest BCUT2D eigenvalue weighted by molar-refractivity contribution is -0.143. The van der Waals surface area contributed by atoms with Gasteiger partial charge in [-0.3, -0.25) is 4.79 Å². The lowest BCUT2D eigenvalue weighted by atomic mass is 9.87. The number of ether oxygens (including phenoxy) is 2. The van der Waals surface area contributed by atoms with Gasteiger partial charge in [-0.2, -0.15) is 0 Å². The summed E-state index contributed by atoms with van der Waals surface area (Å²) in [6.07, 6.45) is 5.38. The van der Waals surface area contributed by atoms with Crippen LogP contribution in [-0.4, -0.2) is 74.3 Å². The van der Waals surface area contributed by atoms with Crippen LogP contribution in [0.4, 0.5) is 4.79 Å². The van der Waals surface area contributed by atoms with Gasteiger partial charge in [0, 0.05) is 20.3 Å². The van der Waals surface area contributed by atoms with E-state index in [0.717, 1.165) is 12.8 Å². The fourth-order valence-electron chi connectivity index (χ4n) is 4.01. The first-order valence-corrected chi connectivity index (χ1v) is 12.0. The van der Waals surface area contributed by atoms with E-state index in [9.17, 15) is 14.7 Å². The van der Waals surface area contributed by atoms with Gasteiger partial charge in [-0.1, -0.05) is 11.3 Å². The van der Waals surface area contributed by atoms with E-state index in [1.807, 2.05) is 13.8 Å². The number of aromatic nitrogens is 4. The number of carboxylic acid groups (broad SMARTS) is 1. The Kier molecular flexibility index (Phi) is 9.47. The van der Waals surface area contributed by atoms with Crippen molar-refractivity contribution in [1.82, 2.24) is 24.9 Å². The molecule has 0 aliphatic heterocycles. The Morgan fingerprint density at radius 3 is 2.81 bits per heavy atom. The minimum Gasteiger partial charge on any atom is -0.489 e. The Hall–Kier alpha value is -4.09. The van der Waals surface area contributed by atoms with Gasteiger partial charge in [-0.25, -0.2) is 24.4 Å². The van der Waals surface area contributed by atoms with Crippen LogP contribution in [0.1, 0.15) is 44.0 Å². The number of aryl methyl sites for hydroxylation is 2. The van der Waals surface area contributed by atoms with Crippen LogP contribution < -0.4 is 4.74 Å². The van der Waals surface area contributed by atoms with Crippen molar-refractivity contribution < 1.29 is 24.2 Å². The number of carbonyl (C=O) groups excluding carboxylic acids is 1. The largest absolute Gasteiger partial charge is 0.489 e. The molecule has 1 aliphatic carbocycles. The summed E-state index contributed by atoms with van der Waals surface area (Å²) in [6, 6.07) is 3.56. The van der Waals surface area contributed by atoms with Crippen LogP contribution in [0.2, 0.25) is 0 Å². The number of allylic oxidation sites excluding steroid dienone is 1. The molecule has 1 aliphatic rings. The number of hydrogen-bond donors (Lipinski definition) is 1. The number of carboxylic acids is 1. The molecule has 2 aromatic heterocycles. The molecule has 37 heavy (non-hydrogen) atoms. The van der Waals surface area contributed by atoms with Crippen molar-refractivity contribution in [3.05, 3.63) is 35.8 Å². The van der Waals surface area contributed by atoms with E-state index in [-0.39, 0.29) is 25.2 Å². The number of likely N-dealkylation sites (N-methyl/N-ethyl adjacent to an activating group) is 1. The van der Waals surface area contributed by atoms with Crippen molar-refractivity contribution in [1.29, 1.82) is 0 Å². The van der Waals surface area contributed by atoms with Crippen molar-refractivity contribution in [3.8, 4) is 17.1 Å². The molecule has 2 aromatic rings. The molecule has 1 amide bonds. The molecule has 2 atom stereocenters. The number of rotatable bonds is 9. The number of amides is 1. The van der Waals surface area contributed by atoms with Gasteiger partial charge in [0.1, 0.15) is 29.6 Å². The van der Waals surface area contributed by atoms with Crippen molar-refractivity contribution in [2.24, 2.45) is 23.0 Å². The summed E-state index contributed by atoms with van der Waals surface area (Å²) in [4.78, 5) is 37.8. The maximum absolute atomic E-state index is 12.5. The van der Waals surface area contributed by atoms with E-state index in [1.165, 1.54) is 9.58 Å². The normalized spacial score (nSPS) is 18.0. The van der Waals surface area contributed by atoms with Gasteiger partial charge < -0.3 is 19.5 Å². The van der Waals surface area contributed by atoms with Crippen LogP contribution in [0.25, 0.3) is 11.4 Å². The minimum atomic E-state index is -0.778. The lowest BCUT2D eigenvalue weighted by Gasteiger charge is -2.27. The van der Waals surface area contributed by atoms with Crippen LogP contribution >= 0.6 is 0 Å². The van der Waals surface area contributed by atoms with Gasteiger partial charge >= 0.3 is 12.1 Å². The number of aliphatic carboxylic acids is 1. The first-order valence-electron chi connectivity index (χ1n) is 12.0. The van der Waals surface area contributed by atoms with Gasteiger partial charge in [-0.05, 0) is 58.4 Å². The lowest BCUT2D eigenvalue weighted by Crippen LogP contribution is -2.32. The Balaban J connectivity index is 1.67. The van der Waals surface area contributed by atoms with E-state index in [1.54, 1.807) is 38.5 Å². The molecule has 0 saturated heterocycles. The Bertz CT molecular complexity index is 1190. The molecule has 0 spiro atoms. The van der Waals surface area contributed by atoms with E-state index in [2.05, 4.69) is 32.0 Å². The first-order chi connectivity index (χ1) is 17.7. The highest BCUT2D eigenvalue weighted by molar-refractivity contribution is 5.90. The van der Waals surface area contributed by atoms with Crippen LogP contribution in [0, 0.1) is 12.8 Å². The maximum Gasteiger partial charge on any atom is 0.410 e. The first kappa shape index (κ1) is 27.5. The van der Waals surface area contributed by atoms with Gasteiger partial charge in [-0.15, -0.1) is 5.10 Å². The summed E-state index contributed by atoms with van der Waals surface area (Å²) in [5.41, 5.74) is 2.26. The molecule has 2 heterocycles. The summed E-state index contributed by atoms with van der Waals surface area (Å²) in [7, 11) is 3.29. The molecule has 0 radical (unpaired) electrons. The fraction of sp³-hybridized carbons (Fsp3) is 0.480. The van der Waals surface area contributed by atoms with E-state index in [0.29, 0.717) is 47.2 Å². The van der Waals surface area contributed by atoms with Gasteiger partial charge in [0.25, 0.3) is 0 Å². The zero-order chi connectivity index (χ0) is 26.9. The zero-order valence-corrected chi connectivity index (χ0v) is 21.6. The number of aliphatic imine (C=N–C) groups is 2. The fourth-order valence-corrected chi connectivity index (χ4v) is 4.01. The van der Waals surface area contributed by atoms with Crippen molar-refractivity contribution in [2.75, 3.05) is 13.6 Å². The average Bonchev–Trinajstić information content (AvgIpc) is 3.26. The molecule has 198 valence electrons. The van der Waals surface area contributed by atoms with Gasteiger partial charge in [0.2, 0.25) is 0 Å². The minimum absolute atomic E-state index is 0.0670. The smallest absolute Gasteiger partial charge is 0.410 e. The van der Waals surface area contributed by atoms with Gasteiger partial charge in [0.15, 0.2) is 0 Å². The average molecular weight is 512 g/mol. The third kappa shape index (κ3) is 7.21. The molecule has 12 nitrogen and oxygen atoms in total. The Morgan fingerprint density at radius 2 is 2.14 bits per heavy atom. The summed E-state index contributed by atoms with van der Waals surface area (Å²) in [6.45, 7) is 7.19. The third-order valence-corrected chi connectivity index (χ3v) is 6.07. The number of hydrogen-bond acceptors (Lipinski definition) is 8. The summed E-state index contributed by atoms with van der Waals surface area (Å²) in [5, 5.41) is 17.6. The maximum atomic E-state index is 12.5.